The van der Waals surface area contributed by atoms with Crippen molar-refractivity contribution in [1.29, 1.82) is 0 Å². The van der Waals surface area contributed by atoms with Gasteiger partial charge >= 0.3 is 18.7 Å². The molecule has 1 saturated carbocycles. The number of halogens is 4. The summed E-state index contributed by atoms with van der Waals surface area (Å²) in [6, 6.07) is 3.08. The summed E-state index contributed by atoms with van der Waals surface area (Å²) in [5, 5.41) is 12.6. The van der Waals surface area contributed by atoms with Crippen molar-refractivity contribution >= 4 is 12.1 Å². The molecule has 0 aliphatic heterocycles. The van der Waals surface area contributed by atoms with Crippen LogP contribution in [0.5, 0.6) is 11.5 Å². The van der Waals surface area contributed by atoms with Crippen LogP contribution in [0.3, 0.4) is 0 Å². The molecule has 1 heterocycles. The van der Waals surface area contributed by atoms with E-state index in [1.807, 2.05) is 0 Å². The van der Waals surface area contributed by atoms with Gasteiger partial charge < -0.3 is 29.1 Å². The first kappa shape index (κ1) is 30.9. The van der Waals surface area contributed by atoms with Crippen molar-refractivity contribution in [3.63, 3.8) is 0 Å². The number of allylic oxidation sites excluding steroid dienone is 3. The number of alkyl carbamates (subject to hydrolysis) is 1. The summed E-state index contributed by atoms with van der Waals surface area (Å²) >= 11 is 0. The molecule has 228 valence electrons. The minimum Gasteiger partial charge on any atom is -0.489 e. The number of hydrogen-bond donors (Lipinski definition) is 2. The van der Waals surface area contributed by atoms with Gasteiger partial charge in [0.2, 0.25) is 5.89 Å². The highest BCUT2D eigenvalue weighted by atomic mass is 19.3. The summed E-state index contributed by atoms with van der Waals surface area (Å²) in [6.07, 6.45) is 0.626. The van der Waals surface area contributed by atoms with Crippen LogP contribution in [0.2, 0.25) is 0 Å². The molecular formula is C29H32F4N2O7. The van der Waals surface area contributed by atoms with Crippen LogP contribution in [-0.4, -0.2) is 47.1 Å². The van der Waals surface area contributed by atoms with Gasteiger partial charge in [-0.2, -0.15) is 8.78 Å². The molecule has 0 radical (unpaired) electrons. The van der Waals surface area contributed by atoms with Crippen molar-refractivity contribution in [3.05, 3.63) is 53.7 Å². The van der Waals surface area contributed by atoms with Crippen molar-refractivity contribution in [2.45, 2.75) is 71.4 Å². The Morgan fingerprint density at radius 2 is 1.95 bits per heavy atom. The van der Waals surface area contributed by atoms with Gasteiger partial charge in [-0.05, 0) is 76.8 Å². The number of carboxylic acids is 1. The van der Waals surface area contributed by atoms with Crippen LogP contribution in [0.15, 0.2) is 46.7 Å². The molecule has 42 heavy (non-hydrogen) atoms. The molecule has 3 unspecified atom stereocenters. The third-order valence-corrected chi connectivity index (χ3v) is 6.63. The average Bonchev–Trinajstić information content (AvgIpc) is 3.61. The Hall–Kier alpha value is -4.03. The lowest BCUT2D eigenvalue weighted by atomic mass is 9.75. The number of carbonyl (C=O) groups is 2. The lowest BCUT2D eigenvalue weighted by Crippen LogP contribution is -2.41. The van der Waals surface area contributed by atoms with Gasteiger partial charge in [0.05, 0.1) is 18.3 Å². The van der Waals surface area contributed by atoms with E-state index in [2.05, 4.69) is 15.0 Å². The Morgan fingerprint density at radius 1 is 1.24 bits per heavy atom. The summed E-state index contributed by atoms with van der Waals surface area (Å²) < 4.78 is 76.4. The van der Waals surface area contributed by atoms with Crippen LogP contribution in [0.1, 0.15) is 58.0 Å². The first-order valence-electron chi connectivity index (χ1n) is 13.3. The highest BCUT2D eigenvalue weighted by Gasteiger charge is 2.47. The molecule has 2 aliphatic rings. The van der Waals surface area contributed by atoms with Gasteiger partial charge in [0, 0.05) is 12.0 Å². The normalized spacial score (nSPS) is 21.1. The van der Waals surface area contributed by atoms with E-state index < -0.39 is 54.2 Å². The van der Waals surface area contributed by atoms with Gasteiger partial charge in [-0.1, -0.05) is 6.08 Å². The summed E-state index contributed by atoms with van der Waals surface area (Å²) in [5.74, 6) is -2.48. The van der Waals surface area contributed by atoms with E-state index >= 15 is 4.39 Å². The molecule has 0 saturated heterocycles. The molecule has 1 aromatic heterocycles. The molecule has 4 rings (SSSR count). The number of amides is 1. The van der Waals surface area contributed by atoms with E-state index in [1.54, 1.807) is 20.8 Å². The van der Waals surface area contributed by atoms with Gasteiger partial charge in [-0.25, -0.2) is 18.6 Å². The number of benzene rings is 1. The van der Waals surface area contributed by atoms with E-state index in [9.17, 15) is 27.9 Å². The Bertz CT molecular complexity index is 1380. The highest BCUT2D eigenvalue weighted by molar-refractivity contribution is 5.80. The number of alkyl halides is 3. The van der Waals surface area contributed by atoms with E-state index in [0.29, 0.717) is 12.0 Å². The lowest BCUT2D eigenvalue weighted by molar-refractivity contribution is -0.148. The number of nitrogens with zero attached hydrogens (tertiary/aromatic N) is 1. The summed E-state index contributed by atoms with van der Waals surface area (Å²) in [7, 11) is 0. The second-order valence-corrected chi connectivity index (χ2v) is 11.3. The second-order valence-electron chi connectivity index (χ2n) is 11.3. The van der Waals surface area contributed by atoms with E-state index in [0.717, 1.165) is 25.0 Å². The van der Waals surface area contributed by atoms with Crippen molar-refractivity contribution in [3.8, 4) is 23.0 Å². The molecular weight excluding hydrogens is 564 g/mol. The zero-order valence-corrected chi connectivity index (χ0v) is 23.5. The smallest absolute Gasteiger partial charge is 0.408 e. The number of carbonyl (C=O) groups excluding carboxylic acids is 1. The van der Waals surface area contributed by atoms with Crippen LogP contribution < -0.4 is 14.8 Å². The Labute approximate surface area is 239 Å². The predicted molar refractivity (Wildman–Crippen MR) is 142 cm³/mol. The Kier molecular flexibility index (Phi) is 8.88. The monoisotopic (exact) mass is 596 g/mol. The standard InChI is InChI=1S/C29H32F4N2O7/c1-15(34-27(38)42-28(2,3)4)23-19(13-29(25(36)37)10-9-18(30)12-22(29)31)35-24(41-23)17-7-8-20(40-26(32)33)21(11-17)39-14-16-5-6-16/h7-12,15-16,22,26H,5-6,13-14H2,1-4H3,(H,34,38)(H,36,37). The fourth-order valence-electron chi connectivity index (χ4n) is 4.30. The second kappa shape index (κ2) is 12.1. The van der Waals surface area contributed by atoms with Crippen LogP contribution >= 0.6 is 0 Å². The van der Waals surface area contributed by atoms with Crippen molar-refractivity contribution in [2.75, 3.05) is 6.61 Å². The van der Waals surface area contributed by atoms with Gasteiger partial charge in [0.1, 0.15) is 28.8 Å². The fraction of sp³-hybridized carbons (Fsp3) is 0.483. The zero-order chi connectivity index (χ0) is 30.8. The van der Waals surface area contributed by atoms with Crippen LogP contribution in [0, 0.1) is 11.3 Å². The molecule has 13 heteroatoms. The molecule has 1 aromatic carbocycles. The molecule has 0 spiro atoms. The van der Waals surface area contributed by atoms with E-state index in [-0.39, 0.29) is 41.0 Å². The van der Waals surface area contributed by atoms with Gasteiger partial charge in [-0.15, -0.1) is 0 Å². The lowest BCUT2D eigenvalue weighted by Gasteiger charge is -2.30. The van der Waals surface area contributed by atoms with Crippen molar-refractivity contribution in [2.24, 2.45) is 11.3 Å². The number of rotatable bonds is 11. The first-order valence-corrected chi connectivity index (χ1v) is 13.3. The third kappa shape index (κ3) is 7.42. The molecule has 2 aromatic rings. The third-order valence-electron chi connectivity index (χ3n) is 6.63. The van der Waals surface area contributed by atoms with E-state index in [4.69, 9.17) is 13.9 Å². The maximum absolute atomic E-state index is 15.1. The first-order chi connectivity index (χ1) is 19.7. The predicted octanol–water partition coefficient (Wildman–Crippen LogP) is 6.69. The minimum atomic E-state index is -3.10. The number of ether oxygens (including phenoxy) is 3. The minimum absolute atomic E-state index is 0.0135. The number of aromatic nitrogens is 1. The van der Waals surface area contributed by atoms with Gasteiger partial charge in [-0.3, -0.25) is 4.79 Å². The molecule has 9 nitrogen and oxygen atoms in total. The molecule has 2 aliphatic carbocycles. The van der Waals surface area contributed by atoms with Crippen molar-refractivity contribution < 1.29 is 50.9 Å². The Balaban J connectivity index is 1.74. The number of nitrogens with one attached hydrogen (secondary N) is 1. The molecule has 1 amide bonds. The number of hydrogen-bond acceptors (Lipinski definition) is 7. The summed E-state index contributed by atoms with van der Waals surface area (Å²) in [5.41, 5.74) is -2.83. The topological polar surface area (TPSA) is 120 Å². The summed E-state index contributed by atoms with van der Waals surface area (Å²) in [6.45, 7) is 3.72. The van der Waals surface area contributed by atoms with Crippen molar-refractivity contribution in [1.82, 2.24) is 10.3 Å². The zero-order valence-electron chi connectivity index (χ0n) is 23.5. The number of oxazole rings is 1. The average molecular weight is 597 g/mol. The molecule has 2 N–H and O–H groups in total. The maximum atomic E-state index is 15.1. The maximum Gasteiger partial charge on any atom is 0.408 e. The van der Waals surface area contributed by atoms with Crippen LogP contribution in [0.4, 0.5) is 22.4 Å². The van der Waals surface area contributed by atoms with E-state index in [1.165, 1.54) is 25.1 Å². The molecule has 0 bridgehead atoms. The number of carboxylic acid groups (broad SMARTS) is 1. The van der Waals surface area contributed by atoms with Crippen LogP contribution in [-0.2, 0) is 16.0 Å². The fourth-order valence-corrected chi connectivity index (χ4v) is 4.30. The number of aliphatic carboxylic acids is 1. The quantitative estimate of drug-likeness (QED) is 0.275. The molecule has 1 fully saturated rings. The van der Waals surface area contributed by atoms with Gasteiger partial charge in [0.15, 0.2) is 11.5 Å². The van der Waals surface area contributed by atoms with Gasteiger partial charge in [0.25, 0.3) is 0 Å². The van der Waals surface area contributed by atoms with Crippen LogP contribution in [0.25, 0.3) is 11.5 Å². The Morgan fingerprint density at radius 3 is 2.55 bits per heavy atom. The summed E-state index contributed by atoms with van der Waals surface area (Å²) in [4.78, 5) is 29.2. The molecule has 3 atom stereocenters. The highest BCUT2D eigenvalue weighted by Crippen LogP contribution is 2.41. The SMILES string of the molecule is CC(NC(=O)OC(C)(C)C)c1oc(-c2ccc(OC(F)F)c(OCC3CC3)c2)nc1CC1(C(=O)O)C=CC(F)=CC1F. The largest absolute Gasteiger partial charge is 0.489 e.